The molecule has 0 saturated carbocycles. The molecule has 1 unspecified atom stereocenters. The number of carbonyl (C=O) groups excluding carboxylic acids is 1. The number of fused-ring (bicyclic) bond motifs is 3. The van der Waals surface area contributed by atoms with Crippen LogP contribution >= 0.6 is 0 Å². The van der Waals surface area contributed by atoms with E-state index in [0.29, 0.717) is 11.5 Å². The number of rotatable bonds is 3. The number of aromatic nitrogens is 2. The quantitative estimate of drug-likeness (QED) is 0.879. The molecule has 3 saturated heterocycles. The second-order valence-corrected chi connectivity index (χ2v) is 6.79. The number of piperidine rings is 3. The number of allylic oxidation sites excluding steroid dienone is 4. The Balaban J connectivity index is 1.43. The molecule has 0 aromatic carbocycles. The predicted molar refractivity (Wildman–Crippen MR) is 88.4 cm³/mol. The number of hydrogen-bond acceptors (Lipinski definition) is 4. The van der Waals surface area contributed by atoms with E-state index in [0.717, 1.165) is 30.8 Å². The third-order valence-corrected chi connectivity index (χ3v) is 5.27. The molecule has 3 fully saturated rings. The third-order valence-electron chi connectivity index (χ3n) is 5.27. The molecule has 1 aromatic heterocycles. The van der Waals surface area contributed by atoms with Gasteiger partial charge in [0.15, 0.2) is 0 Å². The molecule has 3 N–H and O–H groups in total. The topological polar surface area (TPSA) is 76.2 Å². The standard InChI is InChI=1S/C17H23N5O/c18-14-1-3-15(4-2-14)22-10-13(9-19-22)17(23)20-16-11-21-7-5-12(16)6-8-21/h1,3,9-10,12,16H,2,4-8,11,18H2,(H,20,23). The minimum Gasteiger partial charge on any atom is -0.402 e. The summed E-state index contributed by atoms with van der Waals surface area (Å²) >= 11 is 0. The first-order chi connectivity index (χ1) is 11.2. The van der Waals surface area contributed by atoms with Crippen LogP contribution in [0.3, 0.4) is 0 Å². The smallest absolute Gasteiger partial charge is 0.254 e. The van der Waals surface area contributed by atoms with Crippen LogP contribution in [0.25, 0.3) is 5.70 Å². The number of hydrogen-bond donors (Lipinski definition) is 2. The van der Waals surface area contributed by atoms with Gasteiger partial charge in [0.1, 0.15) is 0 Å². The zero-order valence-electron chi connectivity index (χ0n) is 13.2. The van der Waals surface area contributed by atoms with Crippen LogP contribution in [0.1, 0.15) is 36.0 Å². The second kappa shape index (κ2) is 5.85. The van der Waals surface area contributed by atoms with Crippen molar-refractivity contribution in [2.24, 2.45) is 11.7 Å². The van der Waals surface area contributed by atoms with Gasteiger partial charge in [0.25, 0.3) is 5.91 Å². The van der Waals surface area contributed by atoms with Crippen LogP contribution in [0.2, 0.25) is 0 Å². The molecule has 5 rings (SSSR count). The molecule has 3 aliphatic heterocycles. The van der Waals surface area contributed by atoms with Gasteiger partial charge < -0.3 is 16.0 Å². The summed E-state index contributed by atoms with van der Waals surface area (Å²) in [5.74, 6) is 0.620. The molecule has 1 amide bonds. The zero-order chi connectivity index (χ0) is 15.8. The van der Waals surface area contributed by atoms with Crippen molar-refractivity contribution in [2.45, 2.75) is 31.7 Å². The molecule has 0 radical (unpaired) electrons. The van der Waals surface area contributed by atoms with Crippen LogP contribution in [-0.2, 0) is 0 Å². The number of carbonyl (C=O) groups is 1. The Kier molecular flexibility index (Phi) is 3.69. The van der Waals surface area contributed by atoms with Crippen LogP contribution in [-0.4, -0.2) is 46.3 Å². The number of amides is 1. The summed E-state index contributed by atoms with van der Waals surface area (Å²) in [7, 11) is 0. The van der Waals surface area contributed by atoms with E-state index in [1.54, 1.807) is 10.9 Å². The average molecular weight is 313 g/mol. The summed E-state index contributed by atoms with van der Waals surface area (Å²) in [6.07, 6.45) is 11.4. The van der Waals surface area contributed by atoms with Crippen molar-refractivity contribution in [3.63, 3.8) is 0 Å². The van der Waals surface area contributed by atoms with Gasteiger partial charge in [-0.25, -0.2) is 4.68 Å². The van der Waals surface area contributed by atoms with Crippen molar-refractivity contribution in [3.8, 4) is 0 Å². The van der Waals surface area contributed by atoms with Gasteiger partial charge >= 0.3 is 0 Å². The van der Waals surface area contributed by atoms with Crippen LogP contribution in [0.4, 0.5) is 0 Å². The summed E-state index contributed by atoms with van der Waals surface area (Å²) in [5.41, 5.74) is 8.37. The highest BCUT2D eigenvalue weighted by molar-refractivity contribution is 5.94. The molecular formula is C17H23N5O. The Morgan fingerprint density at radius 2 is 2.09 bits per heavy atom. The molecule has 1 aliphatic carbocycles. The van der Waals surface area contributed by atoms with E-state index in [1.165, 1.54) is 25.9 Å². The van der Waals surface area contributed by atoms with Gasteiger partial charge in [-0.05, 0) is 56.8 Å². The van der Waals surface area contributed by atoms with E-state index in [4.69, 9.17) is 5.73 Å². The fourth-order valence-corrected chi connectivity index (χ4v) is 3.81. The highest BCUT2D eigenvalue weighted by Gasteiger charge is 2.35. The summed E-state index contributed by atoms with van der Waals surface area (Å²) in [5, 5.41) is 7.54. The Hall–Kier alpha value is -2.08. The van der Waals surface area contributed by atoms with Crippen LogP contribution in [0, 0.1) is 5.92 Å². The molecule has 23 heavy (non-hydrogen) atoms. The fraction of sp³-hybridized carbons (Fsp3) is 0.529. The molecule has 4 aliphatic rings. The van der Waals surface area contributed by atoms with Crippen LogP contribution in [0.15, 0.2) is 30.2 Å². The molecule has 6 nitrogen and oxygen atoms in total. The maximum Gasteiger partial charge on any atom is 0.254 e. The van der Waals surface area contributed by atoms with Gasteiger partial charge in [-0.2, -0.15) is 5.10 Å². The summed E-state index contributed by atoms with van der Waals surface area (Å²) < 4.78 is 1.79. The summed E-state index contributed by atoms with van der Waals surface area (Å²) in [4.78, 5) is 14.9. The Morgan fingerprint density at radius 3 is 2.74 bits per heavy atom. The molecular weight excluding hydrogens is 290 g/mol. The number of nitrogens with one attached hydrogen (secondary N) is 1. The maximum atomic E-state index is 12.5. The van der Waals surface area contributed by atoms with Crippen LogP contribution in [0.5, 0.6) is 0 Å². The third kappa shape index (κ3) is 2.91. The monoisotopic (exact) mass is 313 g/mol. The first kappa shape index (κ1) is 14.5. The van der Waals surface area contributed by atoms with Gasteiger partial charge in [-0.3, -0.25) is 4.79 Å². The van der Waals surface area contributed by atoms with E-state index in [9.17, 15) is 4.79 Å². The SMILES string of the molecule is NC1=CC=C(n2cc(C(=O)NC3CN4CCC3CC4)cn2)CC1. The zero-order valence-corrected chi connectivity index (χ0v) is 13.2. The van der Waals surface area contributed by atoms with Crippen molar-refractivity contribution in [1.29, 1.82) is 0 Å². The summed E-state index contributed by atoms with van der Waals surface area (Å²) in [6, 6.07) is 0.282. The molecule has 4 heterocycles. The lowest BCUT2D eigenvalue weighted by Gasteiger charge is -2.44. The van der Waals surface area contributed by atoms with Gasteiger partial charge in [-0.15, -0.1) is 0 Å². The van der Waals surface area contributed by atoms with Crippen LogP contribution < -0.4 is 11.1 Å². The molecule has 2 bridgehead atoms. The minimum atomic E-state index is -0.0125. The lowest BCUT2D eigenvalue weighted by molar-refractivity contribution is 0.0620. The summed E-state index contributed by atoms with van der Waals surface area (Å²) in [6.45, 7) is 3.35. The van der Waals surface area contributed by atoms with E-state index in [1.807, 2.05) is 18.3 Å². The van der Waals surface area contributed by atoms with Gasteiger partial charge in [-0.1, -0.05) is 0 Å². The largest absolute Gasteiger partial charge is 0.402 e. The van der Waals surface area contributed by atoms with Crippen molar-refractivity contribution < 1.29 is 4.79 Å². The molecule has 6 heteroatoms. The highest BCUT2D eigenvalue weighted by atomic mass is 16.1. The highest BCUT2D eigenvalue weighted by Crippen LogP contribution is 2.27. The first-order valence-electron chi connectivity index (χ1n) is 8.42. The first-order valence-corrected chi connectivity index (χ1v) is 8.42. The van der Waals surface area contributed by atoms with Gasteiger partial charge in [0.05, 0.1) is 11.8 Å². The lowest BCUT2D eigenvalue weighted by Crippen LogP contribution is -2.57. The predicted octanol–water partition coefficient (Wildman–Crippen LogP) is 1.18. The fourth-order valence-electron chi connectivity index (χ4n) is 3.81. The lowest BCUT2D eigenvalue weighted by atomic mass is 9.84. The number of nitrogens with two attached hydrogens (primary N) is 1. The van der Waals surface area contributed by atoms with Crippen molar-refractivity contribution in [3.05, 3.63) is 35.8 Å². The molecule has 1 aromatic rings. The average Bonchev–Trinajstić information content (AvgIpc) is 3.07. The van der Waals surface area contributed by atoms with Gasteiger partial charge in [0.2, 0.25) is 0 Å². The number of nitrogens with zero attached hydrogens (tertiary/aromatic N) is 3. The minimum absolute atomic E-state index is 0.0125. The Bertz CT molecular complexity index is 666. The Morgan fingerprint density at radius 1 is 1.26 bits per heavy atom. The van der Waals surface area contributed by atoms with Crippen molar-refractivity contribution in [2.75, 3.05) is 19.6 Å². The molecule has 0 spiro atoms. The second-order valence-electron chi connectivity index (χ2n) is 6.79. The van der Waals surface area contributed by atoms with E-state index >= 15 is 0 Å². The van der Waals surface area contributed by atoms with Crippen molar-refractivity contribution >= 4 is 11.6 Å². The molecule has 1 atom stereocenters. The van der Waals surface area contributed by atoms with Gasteiger partial charge in [0, 0.05) is 30.2 Å². The Labute approximate surface area is 136 Å². The van der Waals surface area contributed by atoms with Crippen molar-refractivity contribution in [1.82, 2.24) is 20.0 Å². The maximum absolute atomic E-state index is 12.5. The van der Waals surface area contributed by atoms with E-state index in [-0.39, 0.29) is 11.9 Å². The normalized spacial score (nSPS) is 29.8. The molecule has 122 valence electrons. The van der Waals surface area contributed by atoms with E-state index in [2.05, 4.69) is 15.3 Å². The van der Waals surface area contributed by atoms with E-state index < -0.39 is 0 Å².